The number of halogens is 2. The maximum absolute atomic E-state index is 9.35. The van der Waals surface area contributed by atoms with Crippen molar-refractivity contribution in [3.63, 3.8) is 0 Å². The summed E-state index contributed by atoms with van der Waals surface area (Å²) in [5.41, 5.74) is 0. The van der Waals surface area contributed by atoms with Crippen molar-refractivity contribution in [3.05, 3.63) is 18.2 Å². The Hall–Kier alpha value is 0.190. The summed E-state index contributed by atoms with van der Waals surface area (Å²) < 4.78 is 0.568. The molecule has 0 atom stereocenters. The van der Waals surface area contributed by atoms with Crippen LogP contribution in [0.4, 0.5) is 0 Å². The first-order valence-electron chi connectivity index (χ1n) is 3.11. The molecular weight excluding hydrogens is 315 g/mol. The topological polar surface area (TPSA) is 40.5 Å². The molecule has 0 heterocycles. The monoisotopic (exact) mass is 324 g/mol. The second-order valence-corrected chi connectivity index (χ2v) is 17.1. The van der Waals surface area contributed by atoms with Gasteiger partial charge in [-0.2, -0.15) is 0 Å². The van der Waals surface area contributed by atoms with Gasteiger partial charge in [0.15, 0.2) is 0 Å². The SMILES string of the molecule is C[Te](Cl)(Cl)c1ccc(O)cc1O. The molecule has 0 saturated heterocycles. The fourth-order valence-electron chi connectivity index (χ4n) is 0.809. The van der Waals surface area contributed by atoms with Crippen molar-refractivity contribution in [2.75, 3.05) is 0 Å². The molecule has 2 nitrogen and oxygen atoms in total. The predicted molar refractivity (Wildman–Crippen MR) is 52.7 cm³/mol. The fourth-order valence-corrected chi connectivity index (χ4v) is 4.65. The van der Waals surface area contributed by atoms with Crippen LogP contribution < -0.4 is 3.61 Å². The number of benzene rings is 1. The summed E-state index contributed by atoms with van der Waals surface area (Å²) in [5, 5.41) is 18.3. The van der Waals surface area contributed by atoms with E-state index in [0.717, 1.165) is 0 Å². The Balaban J connectivity index is 3.19. The van der Waals surface area contributed by atoms with Crippen LogP contribution in [-0.2, 0) is 0 Å². The molecule has 0 saturated carbocycles. The van der Waals surface area contributed by atoms with Crippen molar-refractivity contribution >= 4 is 37.5 Å². The summed E-state index contributed by atoms with van der Waals surface area (Å²) in [6.07, 6.45) is 0. The first-order valence-corrected chi connectivity index (χ1v) is 12.5. The molecule has 0 aliphatic heterocycles. The van der Waals surface area contributed by atoms with Crippen molar-refractivity contribution in [2.45, 2.75) is 4.97 Å². The molecular formula is C7H8Cl2O2Te. The van der Waals surface area contributed by atoms with Gasteiger partial charge >= 0.3 is 82.4 Å². The number of hydrogen-bond acceptors (Lipinski definition) is 2. The Morgan fingerprint density at radius 1 is 1.25 bits per heavy atom. The van der Waals surface area contributed by atoms with Gasteiger partial charge in [-0.3, -0.25) is 0 Å². The molecule has 5 heteroatoms. The number of hydrogen-bond donors (Lipinski definition) is 2. The molecule has 1 aromatic rings. The van der Waals surface area contributed by atoms with E-state index >= 15 is 0 Å². The molecule has 2 N–H and O–H groups in total. The van der Waals surface area contributed by atoms with E-state index in [0.29, 0.717) is 3.61 Å². The third kappa shape index (κ3) is 2.34. The Labute approximate surface area is 82.0 Å². The van der Waals surface area contributed by atoms with E-state index in [1.807, 2.05) is 0 Å². The normalized spacial score (nSPS) is 12.9. The molecule has 0 aromatic heterocycles. The van der Waals surface area contributed by atoms with Crippen molar-refractivity contribution in [3.8, 4) is 11.5 Å². The molecule has 1 aromatic carbocycles. The van der Waals surface area contributed by atoms with Gasteiger partial charge in [0.05, 0.1) is 0 Å². The van der Waals surface area contributed by atoms with Crippen LogP contribution in [0.2, 0.25) is 4.97 Å². The van der Waals surface area contributed by atoms with Gasteiger partial charge in [-0.15, -0.1) is 0 Å². The minimum absolute atomic E-state index is 0.0108. The van der Waals surface area contributed by atoms with Gasteiger partial charge in [-0.05, 0) is 0 Å². The standard InChI is InChI=1S/C7H8Cl2O2Te/c1-12(8,9)7-3-2-5(10)4-6(7)11/h2-4,10-11H,1H3. The van der Waals surface area contributed by atoms with Crippen LogP contribution >= 0.6 is 17.9 Å². The second-order valence-electron chi connectivity index (χ2n) is 2.38. The zero-order valence-electron chi connectivity index (χ0n) is 6.29. The predicted octanol–water partition coefficient (Wildman–Crippen LogP) is 1.85. The van der Waals surface area contributed by atoms with Gasteiger partial charge < -0.3 is 0 Å². The van der Waals surface area contributed by atoms with Crippen LogP contribution in [-0.4, -0.2) is 26.2 Å². The van der Waals surface area contributed by atoms with Gasteiger partial charge in [-0.1, -0.05) is 0 Å². The van der Waals surface area contributed by atoms with Gasteiger partial charge in [-0.25, -0.2) is 0 Å². The zero-order chi connectivity index (χ0) is 9.35. The van der Waals surface area contributed by atoms with Crippen LogP contribution in [0, 0.1) is 0 Å². The zero-order valence-corrected chi connectivity index (χ0v) is 10.1. The Bertz CT molecular complexity index is 296. The summed E-state index contributed by atoms with van der Waals surface area (Å²) in [4.78, 5) is 1.73. The molecule has 0 unspecified atom stereocenters. The summed E-state index contributed by atoms with van der Waals surface area (Å²) >= 11 is -3.02. The minimum atomic E-state index is -3.02. The van der Waals surface area contributed by atoms with Crippen molar-refractivity contribution in [1.82, 2.24) is 0 Å². The van der Waals surface area contributed by atoms with E-state index in [1.165, 1.54) is 12.1 Å². The van der Waals surface area contributed by atoms with Crippen LogP contribution in [0.1, 0.15) is 0 Å². The summed E-state index contributed by atoms with van der Waals surface area (Å²) in [6.45, 7) is 0. The molecule has 0 spiro atoms. The van der Waals surface area contributed by atoms with Gasteiger partial charge in [0, 0.05) is 0 Å². The summed E-state index contributed by atoms with van der Waals surface area (Å²) in [6, 6.07) is 4.26. The molecule has 0 amide bonds. The van der Waals surface area contributed by atoms with Crippen LogP contribution in [0.5, 0.6) is 11.5 Å². The summed E-state index contributed by atoms with van der Waals surface area (Å²) in [5.74, 6) is -0.0136. The second kappa shape index (κ2) is 3.51. The quantitative estimate of drug-likeness (QED) is 0.775. The molecule has 0 bridgehead atoms. The van der Waals surface area contributed by atoms with E-state index in [-0.39, 0.29) is 11.5 Å². The van der Waals surface area contributed by atoms with Crippen molar-refractivity contribution in [2.24, 2.45) is 0 Å². The number of rotatable bonds is 1. The van der Waals surface area contributed by atoms with Gasteiger partial charge in [0.25, 0.3) is 0 Å². The van der Waals surface area contributed by atoms with E-state index in [9.17, 15) is 5.11 Å². The maximum atomic E-state index is 9.35. The molecule has 12 heavy (non-hydrogen) atoms. The molecule has 0 radical (unpaired) electrons. The molecule has 0 aliphatic carbocycles. The molecule has 0 fully saturated rings. The number of phenolic OH excluding ortho intramolecular Hbond substituents is 2. The average molecular weight is 323 g/mol. The summed E-state index contributed by atoms with van der Waals surface area (Å²) in [7, 11) is 11.9. The van der Waals surface area contributed by atoms with Crippen molar-refractivity contribution < 1.29 is 10.2 Å². The average Bonchev–Trinajstić information content (AvgIpc) is 1.83. The molecule has 1 rings (SSSR count). The first kappa shape index (κ1) is 10.3. The molecule has 0 aliphatic rings. The first-order chi connectivity index (χ1) is 5.41. The van der Waals surface area contributed by atoms with E-state index in [2.05, 4.69) is 0 Å². The van der Waals surface area contributed by atoms with Crippen LogP contribution in [0.15, 0.2) is 18.2 Å². The third-order valence-corrected chi connectivity index (χ3v) is 6.75. The van der Waals surface area contributed by atoms with Gasteiger partial charge in [0.2, 0.25) is 0 Å². The van der Waals surface area contributed by atoms with E-state index in [1.54, 1.807) is 11.0 Å². The van der Waals surface area contributed by atoms with E-state index < -0.39 is 15.9 Å². The number of phenols is 2. The number of aromatic hydroxyl groups is 2. The molecule has 68 valence electrons. The van der Waals surface area contributed by atoms with Gasteiger partial charge in [0.1, 0.15) is 0 Å². The Morgan fingerprint density at radius 3 is 2.25 bits per heavy atom. The fraction of sp³-hybridized carbons (Fsp3) is 0.143. The van der Waals surface area contributed by atoms with Crippen LogP contribution in [0.3, 0.4) is 0 Å². The van der Waals surface area contributed by atoms with E-state index in [4.69, 9.17) is 23.0 Å². The van der Waals surface area contributed by atoms with Crippen molar-refractivity contribution in [1.29, 1.82) is 0 Å². The Morgan fingerprint density at radius 2 is 1.83 bits per heavy atom. The Kier molecular flexibility index (Phi) is 3.01. The third-order valence-electron chi connectivity index (χ3n) is 1.33. The van der Waals surface area contributed by atoms with Crippen LogP contribution in [0.25, 0.3) is 0 Å².